The molecule has 3 unspecified atom stereocenters. The van der Waals surface area contributed by atoms with Gasteiger partial charge in [-0.25, -0.2) is 0 Å². The molecule has 0 amide bonds. The molecule has 0 N–H and O–H groups in total. The summed E-state index contributed by atoms with van der Waals surface area (Å²) < 4.78 is 103. The van der Waals surface area contributed by atoms with Crippen molar-refractivity contribution >= 4 is 11.4 Å². The van der Waals surface area contributed by atoms with E-state index in [1.807, 2.05) is 0 Å². The van der Waals surface area contributed by atoms with Gasteiger partial charge in [-0.1, -0.05) is 36.4 Å². The lowest BCUT2D eigenvalue weighted by Crippen LogP contribution is -2.44. The number of halogens is 6. The molecule has 6 rings (SSSR count). The maximum atomic E-state index is 13.2. The maximum Gasteiger partial charge on any atom is 0.416 e. The molecule has 258 valence electrons. The number of nitrogens with zero attached hydrogens (tertiary/aromatic N) is 2. The zero-order valence-corrected chi connectivity index (χ0v) is 25.4. The second kappa shape index (κ2) is 12.5. The fraction of sp³-hybridized carbons (Fsp3) is 0.176. The monoisotopic (exact) mass is 700 g/mol. The van der Waals surface area contributed by atoms with Gasteiger partial charge in [-0.05, 0) is 54.1 Å². The number of nitro groups is 2. The summed E-state index contributed by atoms with van der Waals surface area (Å²) in [6.45, 7) is 0. The molecule has 0 bridgehead atoms. The van der Waals surface area contributed by atoms with E-state index in [-0.39, 0.29) is 17.3 Å². The molecule has 50 heavy (non-hydrogen) atoms. The van der Waals surface area contributed by atoms with Crippen molar-refractivity contribution in [3.8, 4) is 23.0 Å². The van der Waals surface area contributed by atoms with E-state index in [0.717, 1.165) is 12.1 Å². The van der Waals surface area contributed by atoms with Crippen LogP contribution in [0.25, 0.3) is 0 Å². The predicted molar refractivity (Wildman–Crippen MR) is 163 cm³/mol. The first-order valence-electron chi connectivity index (χ1n) is 14.5. The number of hydrogen-bond acceptors (Lipinski definition) is 8. The van der Waals surface area contributed by atoms with Crippen LogP contribution in [0.3, 0.4) is 0 Å². The van der Waals surface area contributed by atoms with Crippen LogP contribution >= 0.6 is 0 Å². The highest BCUT2D eigenvalue weighted by Gasteiger charge is 2.50. The Labute approximate surface area is 278 Å². The van der Waals surface area contributed by atoms with Crippen molar-refractivity contribution in [1.82, 2.24) is 0 Å². The molecule has 16 heteroatoms. The first-order chi connectivity index (χ1) is 23.6. The van der Waals surface area contributed by atoms with Crippen molar-refractivity contribution in [2.24, 2.45) is 5.92 Å². The first kappa shape index (κ1) is 34.0. The smallest absolute Gasteiger partial charge is 0.416 e. The third-order valence-electron chi connectivity index (χ3n) is 8.13. The quantitative estimate of drug-likeness (QED) is 0.0772. The Morgan fingerprint density at radius 3 is 1.94 bits per heavy atom. The molecule has 4 aromatic carbocycles. The SMILES string of the molecule is COC1(c2ccccc2)c2ccc(Oc3ccc(C(F)(F)F)cc3[N+](=O)[O-])cc2OC2=CC(Oc3ccc(C(F)(F)F)cc3[N+](=O)[O-])C=CC21. The molecule has 0 saturated heterocycles. The number of alkyl halides is 6. The first-order valence-corrected chi connectivity index (χ1v) is 14.5. The van der Waals surface area contributed by atoms with Gasteiger partial charge in [0.05, 0.1) is 26.9 Å². The van der Waals surface area contributed by atoms with Crippen molar-refractivity contribution in [3.05, 3.63) is 151 Å². The summed E-state index contributed by atoms with van der Waals surface area (Å²) in [6.07, 6.45) is -6.04. The van der Waals surface area contributed by atoms with Gasteiger partial charge in [0.15, 0.2) is 5.75 Å². The average Bonchev–Trinajstić information content (AvgIpc) is 3.06. The van der Waals surface area contributed by atoms with E-state index in [2.05, 4.69) is 0 Å². The molecule has 0 radical (unpaired) electrons. The fourth-order valence-corrected chi connectivity index (χ4v) is 5.90. The Morgan fingerprint density at radius 1 is 0.760 bits per heavy atom. The Morgan fingerprint density at radius 2 is 1.36 bits per heavy atom. The van der Waals surface area contributed by atoms with Crippen molar-refractivity contribution < 1.29 is 55.1 Å². The van der Waals surface area contributed by atoms with Crippen LogP contribution in [0.2, 0.25) is 0 Å². The zero-order chi connectivity index (χ0) is 36.0. The summed E-state index contributed by atoms with van der Waals surface area (Å²) >= 11 is 0. The molecule has 4 aromatic rings. The molecule has 0 fully saturated rings. The van der Waals surface area contributed by atoms with Crippen molar-refractivity contribution in [1.29, 1.82) is 0 Å². The van der Waals surface area contributed by atoms with Crippen LogP contribution in [0.15, 0.2) is 109 Å². The van der Waals surface area contributed by atoms with Crippen LogP contribution in [-0.2, 0) is 22.7 Å². The minimum absolute atomic E-state index is 0.0387. The summed E-state index contributed by atoms with van der Waals surface area (Å²) in [7, 11) is 1.46. The fourth-order valence-electron chi connectivity index (χ4n) is 5.90. The number of ether oxygens (including phenoxy) is 4. The lowest BCUT2D eigenvalue weighted by Gasteiger charge is -2.45. The second-order valence-electron chi connectivity index (χ2n) is 11.1. The third-order valence-corrected chi connectivity index (χ3v) is 8.13. The van der Waals surface area contributed by atoms with E-state index in [1.165, 1.54) is 25.3 Å². The zero-order valence-electron chi connectivity index (χ0n) is 25.4. The Hall–Kier alpha value is -5.90. The van der Waals surface area contributed by atoms with Gasteiger partial charge in [0, 0.05) is 30.9 Å². The lowest BCUT2D eigenvalue weighted by atomic mass is 9.71. The van der Waals surface area contributed by atoms with Gasteiger partial charge in [0.2, 0.25) is 5.75 Å². The molecule has 2 aliphatic rings. The Balaban J connectivity index is 1.40. The molecular formula is C34H22F6N2O8. The number of rotatable bonds is 8. The summed E-state index contributed by atoms with van der Waals surface area (Å²) in [4.78, 5) is 21.3. The molecule has 3 atom stereocenters. The molecule has 10 nitrogen and oxygen atoms in total. The van der Waals surface area contributed by atoms with Crippen LogP contribution in [0.1, 0.15) is 22.3 Å². The molecule has 1 aliphatic carbocycles. The van der Waals surface area contributed by atoms with Gasteiger partial charge in [-0.15, -0.1) is 0 Å². The Bertz CT molecular complexity index is 2050. The van der Waals surface area contributed by atoms with E-state index in [0.29, 0.717) is 35.4 Å². The highest BCUT2D eigenvalue weighted by molar-refractivity contribution is 5.57. The van der Waals surface area contributed by atoms with Gasteiger partial charge in [0.1, 0.15) is 29.0 Å². The summed E-state index contributed by atoms with van der Waals surface area (Å²) in [5.74, 6) is -1.28. The minimum Gasteiger partial charge on any atom is -0.475 e. The van der Waals surface area contributed by atoms with Crippen LogP contribution < -0.4 is 14.2 Å². The third kappa shape index (κ3) is 6.20. The summed E-state index contributed by atoms with van der Waals surface area (Å²) in [5, 5.41) is 23.3. The topological polar surface area (TPSA) is 123 Å². The standard InChI is InChI=1S/C34H22F6N2O8/c1-47-32(19-5-3-2-4-6-19)24-11-9-22(48-28-13-7-20(33(35,36)37)15-26(28)41(43)44)17-30(24)50-31-18-23(10-12-25(31)32)49-29-14-8-21(34(38,39)40)16-27(29)42(45)46/h2-18,22,24H,1H3. The number of methoxy groups -OCH3 is 1. The van der Waals surface area contributed by atoms with E-state index < -0.39 is 73.8 Å². The molecule has 1 aliphatic heterocycles. The lowest BCUT2D eigenvalue weighted by molar-refractivity contribution is -0.386. The van der Waals surface area contributed by atoms with Gasteiger partial charge < -0.3 is 18.9 Å². The number of fused-ring (bicyclic) bond motifs is 2. The Kier molecular flexibility index (Phi) is 8.51. The molecular weight excluding hydrogens is 678 g/mol. The molecule has 0 spiro atoms. The molecule has 0 aromatic heterocycles. The highest BCUT2D eigenvalue weighted by atomic mass is 19.4. The van der Waals surface area contributed by atoms with Crippen LogP contribution in [0.5, 0.6) is 23.0 Å². The maximum absolute atomic E-state index is 13.2. The van der Waals surface area contributed by atoms with E-state index in [1.54, 1.807) is 48.6 Å². The number of nitro benzene ring substituents is 2. The van der Waals surface area contributed by atoms with Gasteiger partial charge in [0.25, 0.3) is 0 Å². The summed E-state index contributed by atoms with van der Waals surface area (Å²) in [5.41, 5.74) is -4.43. The average molecular weight is 701 g/mol. The van der Waals surface area contributed by atoms with Crippen molar-refractivity contribution in [3.63, 3.8) is 0 Å². The van der Waals surface area contributed by atoms with E-state index >= 15 is 0 Å². The van der Waals surface area contributed by atoms with Crippen molar-refractivity contribution in [2.45, 2.75) is 24.1 Å². The molecule has 1 heterocycles. The second-order valence-corrected chi connectivity index (χ2v) is 11.1. The molecule has 0 saturated carbocycles. The number of hydrogen-bond donors (Lipinski definition) is 0. The predicted octanol–water partition coefficient (Wildman–Crippen LogP) is 9.13. The highest BCUT2D eigenvalue weighted by Crippen LogP contribution is 2.54. The van der Waals surface area contributed by atoms with Gasteiger partial charge in [-0.2, -0.15) is 26.3 Å². The summed E-state index contributed by atoms with van der Waals surface area (Å²) in [6, 6.07) is 17.0. The number of benzene rings is 4. The van der Waals surface area contributed by atoms with Crippen molar-refractivity contribution in [2.75, 3.05) is 7.11 Å². The normalized spacial score (nSPS) is 19.8. The van der Waals surface area contributed by atoms with Crippen LogP contribution in [0.4, 0.5) is 37.7 Å². The minimum atomic E-state index is -4.83. The van der Waals surface area contributed by atoms with Gasteiger partial charge in [-0.3, -0.25) is 20.2 Å². The largest absolute Gasteiger partial charge is 0.475 e. The van der Waals surface area contributed by atoms with E-state index in [4.69, 9.17) is 18.9 Å². The van der Waals surface area contributed by atoms with Crippen LogP contribution in [0, 0.1) is 26.1 Å². The van der Waals surface area contributed by atoms with Gasteiger partial charge >= 0.3 is 23.7 Å². The van der Waals surface area contributed by atoms with Crippen LogP contribution in [-0.4, -0.2) is 23.1 Å². The van der Waals surface area contributed by atoms with E-state index in [9.17, 15) is 46.6 Å².